The number of rotatable bonds is 4. The number of aromatic nitrogens is 1. The predicted molar refractivity (Wildman–Crippen MR) is 106 cm³/mol. The number of anilines is 1. The SMILES string of the molecule is CC(C(=O)Nc1nc(-c2ccc3c(c2)CCCC3)cs1)C1CNC1.Cl. The summed E-state index contributed by atoms with van der Waals surface area (Å²) in [5.74, 6) is 0.556. The summed E-state index contributed by atoms with van der Waals surface area (Å²) in [4.78, 5) is 16.9. The minimum absolute atomic E-state index is 0. The maximum absolute atomic E-state index is 12.3. The molecule has 1 fully saturated rings. The molecule has 0 bridgehead atoms. The van der Waals surface area contributed by atoms with Gasteiger partial charge in [-0.15, -0.1) is 23.7 Å². The molecule has 1 aromatic heterocycles. The van der Waals surface area contributed by atoms with E-state index < -0.39 is 0 Å². The van der Waals surface area contributed by atoms with Crippen LogP contribution < -0.4 is 10.6 Å². The number of amides is 1. The van der Waals surface area contributed by atoms with Crippen molar-refractivity contribution in [2.45, 2.75) is 32.6 Å². The van der Waals surface area contributed by atoms with Crippen LogP contribution in [-0.2, 0) is 17.6 Å². The van der Waals surface area contributed by atoms with E-state index in [9.17, 15) is 4.79 Å². The van der Waals surface area contributed by atoms with Crippen LogP contribution in [0.3, 0.4) is 0 Å². The highest BCUT2D eigenvalue weighted by Crippen LogP contribution is 2.30. The van der Waals surface area contributed by atoms with Crippen molar-refractivity contribution in [3.8, 4) is 11.3 Å². The number of nitrogens with zero attached hydrogens (tertiary/aromatic N) is 1. The van der Waals surface area contributed by atoms with Crippen LogP contribution in [0, 0.1) is 11.8 Å². The van der Waals surface area contributed by atoms with E-state index >= 15 is 0 Å². The Hall–Kier alpha value is -1.43. The van der Waals surface area contributed by atoms with Gasteiger partial charge in [-0.3, -0.25) is 4.79 Å². The Kier molecular flexibility index (Phi) is 5.77. The second-order valence-electron chi connectivity index (χ2n) is 6.92. The van der Waals surface area contributed by atoms with E-state index in [1.54, 1.807) is 0 Å². The highest BCUT2D eigenvalue weighted by atomic mass is 35.5. The molecule has 0 saturated carbocycles. The summed E-state index contributed by atoms with van der Waals surface area (Å²) in [5.41, 5.74) is 5.06. The fourth-order valence-corrected chi connectivity index (χ4v) is 4.18. The zero-order chi connectivity index (χ0) is 16.5. The molecule has 134 valence electrons. The van der Waals surface area contributed by atoms with E-state index in [1.807, 2.05) is 12.3 Å². The predicted octanol–water partition coefficient (Wildman–Crippen LogP) is 3.90. The molecule has 2 aromatic rings. The van der Waals surface area contributed by atoms with Crippen LogP contribution in [0.2, 0.25) is 0 Å². The minimum Gasteiger partial charge on any atom is -0.316 e. The van der Waals surface area contributed by atoms with E-state index in [2.05, 4.69) is 33.8 Å². The summed E-state index contributed by atoms with van der Waals surface area (Å²) >= 11 is 1.51. The van der Waals surface area contributed by atoms with Crippen molar-refractivity contribution in [1.29, 1.82) is 0 Å². The molecule has 1 aromatic carbocycles. The molecule has 2 heterocycles. The highest BCUT2D eigenvalue weighted by molar-refractivity contribution is 7.14. The Morgan fingerprint density at radius 1 is 1.28 bits per heavy atom. The molecule has 1 aliphatic carbocycles. The molecule has 2 N–H and O–H groups in total. The second-order valence-corrected chi connectivity index (χ2v) is 7.78. The monoisotopic (exact) mass is 377 g/mol. The van der Waals surface area contributed by atoms with Crippen molar-refractivity contribution in [3.63, 3.8) is 0 Å². The standard InChI is InChI=1S/C19H23N3OS.ClH/c1-12(16-9-20-10-16)18(23)22-19-21-17(11-24-19)15-7-6-13-4-2-3-5-14(13)8-15;/h6-8,11-12,16,20H,2-5,9-10H2,1H3,(H,21,22,23);1H. The van der Waals surface area contributed by atoms with Gasteiger partial charge in [0, 0.05) is 16.9 Å². The summed E-state index contributed by atoms with van der Waals surface area (Å²) in [7, 11) is 0. The lowest BCUT2D eigenvalue weighted by molar-refractivity contribution is -0.121. The Labute approximate surface area is 158 Å². The third-order valence-electron chi connectivity index (χ3n) is 5.31. The van der Waals surface area contributed by atoms with Crippen molar-refractivity contribution in [2.75, 3.05) is 18.4 Å². The van der Waals surface area contributed by atoms with Gasteiger partial charge >= 0.3 is 0 Å². The number of benzene rings is 1. The lowest BCUT2D eigenvalue weighted by atomic mass is 9.88. The first-order valence-electron chi connectivity index (χ1n) is 8.80. The van der Waals surface area contributed by atoms with Crippen LogP contribution in [-0.4, -0.2) is 24.0 Å². The summed E-state index contributed by atoms with van der Waals surface area (Å²) in [6, 6.07) is 6.68. The normalized spacial score (nSPS) is 17.8. The molecule has 0 radical (unpaired) electrons. The first-order valence-corrected chi connectivity index (χ1v) is 9.68. The number of carbonyl (C=O) groups is 1. The number of aryl methyl sites for hydroxylation is 2. The molecule has 6 heteroatoms. The molecular weight excluding hydrogens is 354 g/mol. The van der Waals surface area contributed by atoms with E-state index in [-0.39, 0.29) is 24.2 Å². The van der Waals surface area contributed by atoms with Crippen molar-refractivity contribution in [2.24, 2.45) is 11.8 Å². The van der Waals surface area contributed by atoms with E-state index in [0.29, 0.717) is 11.0 Å². The molecular formula is C19H24ClN3OS. The number of hydrogen-bond acceptors (Lipinski definition) is 4. The molecule has 1 saturated heterocycles. The minimum atomic E-state index is 0. The summed E-state index contributed by atoms with van der Waals surface area (Å²) < 4.78 is 0. The molecule has 1 aliphatic heterocycles. The van der Waals surface area contributed by atoms with Crippen molar-refractivity contribution < 1.29 is 4.79 Å². The second kappa shape index (κ2) is 7.85. The number of thiazole rings is 1. The van der Waals surface area contributed by atoms with Crippen molar-refractivity contribution >= 4 is 34.8 Å². The number of carbonyl (C=O) groups excluding carboxylic acids is 1. The maximum atomic E-state index is 12.3. The Balaban J connectivity index is 0.00000182. The first-order chi connectivity index (χ1) is 11.7. The molecule has 25 heavy (non-hydrogen) atoms. The zero-order valence-corrected chi connectivity index (χ0v) is 16.0. The largest absolute Gasteiger partial charge is 0.316 e. The van der Waals surface area contributed by atoms with Gasteiger partial charge in [-0.25, -0.2) is 4.98 Å². The fourth-order valence-electron chi connectivity index (χ4n) is 3.45. The third kappa shape index (κ3) is 3.89. The Morgan fingerprint density at radius 2 is 2.04 bits per heavy atom. The van der Waals surface area contributed by atoms with Gasteiger partial charge in [0.15, 0.2) is 5.13 Å². The van der Waals surface area contributed by atoms with Gasteiger partial charge in [0.1, 0.15) is 0 Å². The van der Waals surface area contributed by atoms with E-state index in [1.165, 1.54) is 48.1 Å². The summed E-state index contributed by atoms with van der Waals surface area (Å²) in [6.07, 6.45) is 4.95. The fraction of sp³-hybridized carbons (Fsp3) is 0.474. The molecule has 1 amide bonds. The average molecular weight is 378 g/mol. The van der Waals surface area contributed by atoms with E-state index in [4.69, 9.17) is 0 Å². The van der Waals surface area contributed by atoms with Gasteiger partial charge in [0.2, 0.25) is 5.91 Å². The Morgan fingerprint density at radius 3 is 2.76 bits per heavy atom. The van der Waals surface area contributed by atoms with Crippen LogP contribution in [0.15, 0.2) is 23.6 Å². The smallest absolute Gasteiger partial charge is 0.229 e. The Bertz CT molecular complexity index is 757. The van der Waals surface area contributed by atoms with Gasteiger partial charge in [0.05, 0.1) is 5.69 Å². The van der Waals surface area contributed by atoms with E-state index in [0.717, 1.165) is 24.3 Å². The number of nitrogens with one attached hydrogen (secondary N) is 2. The van der Waals surface area contributed by atoms with Crippen LogP contribution >= 0.6 is 23.7 Å². The van der Waals surface area contributed by atoms with Gasteiger partial charge in [-0.1, -0.05) is 19.1 Å². The molecule has 1 atom stereocenters. The maximum Gasteiger partial charge on any atom is 0.229 e. The summed E-state index contributed by atoms with van der Waals surface area (Å²) in [5, 5.41) is 8.94. The van der Waals surface area contributed by atoms with Gasteiger partial charge in [0.25, 0.3) is 0 Å². The lowest BCUT2D eigenvalue weighted by Gasteiger charge is -2.31. The average Bonchev–Trinajstić information content (AvgIpc) is 3.01. The van der Waals surface area contributed by atoms with Crippen molar-refractivity contribution in [3.05, 3.63) is 34.7 Å². The van der Waals surface area contributed by atoms with Crippen LogP contribution in [0.5, 0.6) is 0 Å². The van der Waals surface area contributed by atoms with Crippen LogP contribution in [0.1, 0.15) is 30.9 Å². The zero-order valence-electron chi connectivity index (χ0n) is 14.4. The molecule has 2 aliphatic rings. The molecule has 4 nitrogen and oxygen atoms in total. The number of halogens is 1. The van der Waals surface area contributed by atoms with Crippen LogP contribution in [0.4, 0.5) is 5.13 Å². The van der Waals surface area contributed by atoms with Gasteiger partial charge in [-0.05, 0) is 61.9 Å². The first kappa shape index (κ1) is 18.4. The summed E-state index contributed by atoms with van der Waals surface area (Å²) in [6.45, 7) is 3.87. The molecule has 1 unspecified atom stereocenters. The number of fused-ring (bicyclic) bond motifs is 1. The quantitative estimate of drug-likeness (QED) is 0.849. The molecule has 4 rings (SSSR count). The van der Waals surface area contributed by atoms with Crippen molar-refractivity contribution in [1.82, 2.24) is 10.3 Å². The van der Waals surface area contributed by atoms with Gasteiger partial charge in [-0.2, -0.15) is 0 Å². The van der Waals surface area contributed by atoms with Crippen LogP contribution in [0.25, 0.3) is 11.3 Å². The van der Waals surface area contributed by atoms with Gasteiger partial charge < -0.3 is 10.6 Å². The number of hydrogen-bond donors (Lipinski definition) is 2. The molecule has 0 spiro atoms. The lowest BCUT2D eigenvalue weighted by Crippen LogP contribution is -2.48. The third-order valence-corrected chi connectivity index (χ3v) is 6.07. The topological polar surface area (TPSA) is 54.0 Å². The highest BCUT2D eigenvalue weighted by Gasteiger charge is 2.29.